The molecule has 1 aliphatic heterocycles. The number of anilines is 1. The van der Waals surface area contributed by atoms with Crippen molar-refractivity contribution in [1.82, 2.24) is 0 Å². The summed E-state index contributed by atoms with van der Waals surface area (Å²) in [5.41, 5.74) is 3.27. The number of carboxylic acid groups (broad SMARTS) is 1. The van der Waals surface area contributed by atoms with Crippen molar-refractivity contribution in [3.8, 4) is 23.0 Å². The van der Waals surface area contributed by atoms with Crippen molar-refractivity contribution in [2.24, 2.45) is 0 Å². The number of nitrogens with zero attached hydrogens (tertiary/aromatic N) is 1. The summed E-state index contributed by atoms with van der Waals surface area (Å²) in [7, 11) is 4.60. The van der Waals surface area contributed by atoms with Gasteiger partial charge >= 0.3 is 5.97 Å². The van der Waals surface area contributed by atoms with Crippen LogP contribution in [0.1, 0.15) is 34.8 Å². The van der Waals surface area contributed by atoms with Crippen molar-refractivity contribution in [1.29, 1.82) is 0 Å². The lowest BCUT2D eigenvalue weighted by Crippen LogP contribution is -2.40. The summed E-state index contributed by atoms with van der Waals surface area (Å²) in [5.74, 6) is 0.256. The van der Waals surface area contributed by atoms with Crippen molar-refractivity contribution >= 4 is 29.2 Å². The van der Waals surface area contributed by atoms with Crippen LogP contribution in [-0.2, 0) is 27.5 Å². The summed E-state index contributed by atoms with van der Waals surface area (Å²) in [5, 5.41) is 10.2. The van der Waals surface area contributed by atoms with Gasteiger partial charge in [0.15, 0.2) is 11.5 Å². The molecule has 1 N–H and O–H groups in total. The van der Waals surface area contributed by atoms with E-state index in [0.29, 0.717) is 57.0 Å². The second kappa shape index (κ2) is 13.7. The van der Waals surface area contributed by atoms with Crippen LogP contribution in [0.4, 0.5) is 5.69 Å². The Labute approximate surface area is 260 Å². The molecule has 9 nitrogen and oxygen atoms in total. The molecule has 5 rings (SSSR count). The van der Waals surface area contributed by atoms with Gasteiger partial charge in [-0.25, -0.2) is 0 Å². The molecular formula is C34H32ClNO8. The fraction of sp³-hybridized carbons (Fsp3) is 0.235. The molecule has 0 fully saturated rings. The third-order valence-corrected chi connectivity index (χ3v) is 7.56. The first-order valence-corrected chi connectivity index (χ1v) is 14.2. The number of fused-ring (bicyclic) bond motifs is 1. The van der Waals surface area contributed by atoms with Crippen LogP contribution in [0, 0.1) is 0 Å². The van der Waals surface area contributed by atoms with Crippen molar-refractivity contribution in [2.75, 3.05) is 26.2 Å². The molecule has 1 heterocycles. The summed E-state index contributed by atoms with van der Waals surface area (Å²) < 4.78 is 29.3. The number of halogens is 1. The van der Waals surface area contributed by atoms with Gasteiger partial charge in [0.05, 0.1) is 40.0 Å². The predicted octanol–water partition coefficient (Wildman–Crippen LogP) is 6.44. The minimum atomic E-state index is -1.33. The van der Waals surface area contributed by atoms with Gasteiger partial charge in [-0.1, -0.05) is 54.1 Å². The van der Waals surface area contributed by atoms with E-state index in [0.717, 1.165) is 5.56 Å². The number of para-hydroxylation sites is 1. The number of hydrogen-bond donors (Lipinski definition) is 1. The molecule has 0 saturated heterocycles. The lowest BCUT2D eigenvalue weighted by Gasteiger charge is -2.26. The molecule has 228 valence electrons. The monoisotopic (exact) mass is 617 g/mol. The lowest BCUT2D eigenvalue weighted by atomic mass is 9.97. The number of methoxy groups -OCH3 is 3. The van der Waals surface area contributed by atoms with Crippen LogP contribution >= 0.6 is 11.6 Å². The number of carboxylic acids is 1. The summed E-state index contributed by atoms with van der Waals surface area (Å²) in [6, 6.07) is 25.5. The van der Waals surface area contributed by atoms with E-state index in [1.54, 1.807) is 61.7 Å². The summed E-state index contributed by atoms with van der Waals surface area (Å²) in [6.07, 6.45) is -2.80. The Bertz CT molecular complexity index is 1640. The molecular weight excluding hydrogens is 586 g/mol. The molecule has 4 aromatic carbocycles. The SMILES string of the molecule is COc1ccc(CN2C(=O)[C@@H](CC(=O)O)O[C@H](c3cccc(OCc4ccccc4)c3OC)c3cc(Cl)ccc32)c(OC)c1. The first-order valence-electron chi connectivity index (χ1n) is 13.9. The van der Waals surface area contributed by atoms with Gasteiger partial charge in [-0.2, -0.15) is 0 Å². The molecule has 10 heteroatoms. The molecule has 0 bridgehead atoms. The molecule has 1 amide bonds. The maximum atomic E-state index is 14.1. The van der Waals surface area contributed by atoms with Gasteiger partial charge in [0.2, 0.25) is 0 Å². The molecule has 1 aliphatic rings. The zero-order chi connectivity index (χ0) is 31.2. The molecule has 0 spiro atoms. The molecule has 0 aromatic heterocycles. The van der Waals surface area contributed by atoms with Gasteiger partial charge in [-0.15, -0.1) is 0 Å². The highest BCUT2D eigenvalue weighted by molar-refractivity contribution is 6.30. The number of carbonyl (C=O) groups is 2. The Kier molecular flexibility index (Phi) is 9.57. The van der Waals surface area contributed by atoms with Gasteiger partial charge < -0.3 is 33.7 Å². The molecule has 0 saturated carbocycles. The average molecular weight is 618 g/mol. The van der Waals surface area contributed by atoms with Crippen LogP contribution in [0.5, 0.6) is 23.0 Å². The number of benzene rings is 4. The quantitative estimate of drug-likeness (QED) is 0.205. The van der Waals surface area contributed by atoms with Crippen LogP contribution < -0.4 is 23.8 Å². The van der Waals surface area contributed by atoms with Crippen LogP contribution in [0.2, 0.25) is 5.02 Å². The van der Waals surface area contributed by atoms with Gasteiger partial charge in [0, 0.05) is 27.8 Å². The number of amides is 1. The number of hydrogen-bond acceptors (Lipinski definition) is 7. The Morgan fingerprint density at radius 1 is 0.886 bits per heavy atom. The van der Waals surface area contributed by atoms with Crippen molar-refractivity contribution in [3.05, 3.63) is 112 Å². The zero-order valence-corrected chi connectivity index (χ0v) is 25.2. The smallest absolute Gasteiger partial charge is 0.306 e. The minimum Gasteiger partial charge on any atom is -0.497 e. The number of carbonyl (C=O) groups excluding carboxylic acids is 1. The molecule has 0 radical (unpaired) electrons. The molecule has 0 unspecified atom stereocenters. The molecule has 4 aromatic rings. The van der Waals surface area contributed by atoms with E-state index < -0.39 is 30.5 Å². The Hall–Kier alpha value is -4.73. The van der Waals surface area contributed by atoms with Crippen LogP contribution in [0.15, 0.2) is 84.9 Å². The first kappa shape index (κ1) is 30.7. The highest BCUT2D eigenvalue weighted by atomic mass is 35.5. The Balaban J connectivity index is 1.61. The standard InChI is InChI=1S/C34H32ClNO8/c1-40-24-14-12-22(29(17-24)41-2)19-36-27-15-13-23(35)16-26(27)32(44-30(34(36)39)18-31(37)38)25-10-7-11-28(33(25)42-3)43-20-21-8-5-4-6-9-21/h4-17,30,32H,18-20H2,1-3H3,(H,37,38)/t30-,32-/m1/s1. The van der Waals surface area contributed by atoms with Gasteiger partial charge in [0.1, 0.15) is 30.3 Å². The lowest BCUT2D eigenvalue weighted by molar-refractivity contribution is -0.147. The minimum absolute atomic E-state index is 0.0736. The van der Waals surface area contributed by atoms with E-state index in [9.17, 15) is 14.7 Å². The Morgan fingerprint density at radius 2 is 1.68 bits per heavy atom. The van der Waals surface area contributed by atoms with Crippen LogP contribution in [0.25, 0.3) is 0 Å². The predicted molar refractivity (Wildman–Crippen MR) is 165 cm³/mol. The van der Waals surface area contributed by atoms with Crippen LogP contribution in [0.3, 0.4) is 0 Å². The van der Waals surface area contributed by atoms with Crippen molar-refractivity contribution in [3.63, 3.8) is 0 Å². The highest BCUT2D eigenvalue weighted by Gasteiger charge is 2.39. The fourth-order valence-corrected chi connectivity index (χ4v) is 5.41. The summed E-state index contributed by atoms with van der Waals surface area (Å²) in [6.45, 7) is 0.371. The maximum absolute atomic E-state index is 14.1. The second-order valence-electron chi connectivity index (χ2n) is 10.1. The summed E-state index contributed by atoms with van der Waals surface area (Å²) in [4.78, 5) is 27.6. The van der Waals surface area contributed by atoms with Gasteiger partial charge in [-0.3, -0.25) is 9.59 Å². The van der Waals surface area contributed by atoms with Gasteiger partial charge in [-0.05, 0) is 42.0 Å². The normalized spacial score (nSPS) is 16.1. The third-order valence-electron chi connectivity index (χ3n) is 7.32. The highest BCUT2D eigenvalue weighted by Crippen LogP contribution is 2.46. The van der Waals surface area contributed by atoms with E-state index in [1.807, 2.05) is 30.3 Å². The van der Waals surface area contributed by atoms with E-state index in [4.69, 9.17) is 35.3 Å². The van der Waals surface area contributed by atoms with E-state index in [2.05, 4.69) is 0 Å². The average Bonchev–Trinajstić information content (AvgIpc) is 3.14. The van der Waals surface area contributed by atoms with Crippen molar-refractivity contribution < 1.29 is 38.4 Å². The number of rotatable bonds is 11. The molecule has 44 heavy (non-hydrogen) atoms. The Morgan fingerprint density at radius 3 is 2.39 bits per heavy atom. The fourth-order valence-electron chi connectivity index (χ4n) is 5.23. The van der Waals surface area contributed by atoms with E-state index >= 15 is 0 Å². The third kappa shape index (κ3) is 6.59. The largest absolute Gasteiger partial charge is 0.497 e. The topological polar surface area (TPSA) is 104 Å². The first-order chi connectivity index (χ1) is 21.3. The molecule has 0 aliphatic carbocycles. The van der Waals surface area contributed by atoms with E-state index in [1.165, 1.54) is 19.1 Å². The van der Waals surface area contributed by atoms with E-state index in [-0.39, 0.29) is 6.54 Å². The zero-order valence-electron chi connectivity index (χ0n) is 24.5. The molecule has 2 atom stereocenters. The summed E-state index contributed by atoms with van der Waals surface area (Å²) >= 11 is 6.51. The van der Waals surface area contributed by atoms with Crippen LogP contribution in [-0.4, -0.2) is 44.4 Å². The number of aliphatic carboxylic acids is 1. The van der Waals surface area contributed by atoms with Crippen molar-refractivity contribution in [2.45, 2.75) is 31.8 Å². The van der Waals surface area contributed by atoms with Gasteiger partial charge in [0.25, 0.3) is 5.91 Å². The number of ether oxygens (including phenoxy) is 5. The second-order valence-corrected chi connectivity index (χ2v) is 10.5. The maximum Gasteiger partial charge on any atom is 0.306 e.